The largest absolute Gasteiger partial charge is 0.465 e. The highest BCUT2D eigenvalue weighted by Crippen LogP contribution is 2.27. The van der Waals surface area contributed by atoms with E-state index in [-0.39, 0.29) is 5.97 Å². The van der Waals surface area contributed by atoms with Crippen molar-refractivity contribution < 1.29 is 9.53 Å². The molecule has 1 aliphatic heterocycles. The van der Waals surface area contributed by atoms with Crippen LogP contribution in [0.25, 0.3) is 0 Å². The maximum Gasteiger partial charge on any atom is 0.337 e. The summed E-state index contributed by atoms with van der Waals surface area (Å²) in [5, 5.41) is 0. The Morgan fingerprint density at radius 2 is 2.12 bits per heavy atom. The fourth-order valence-electron chi connectivity index (χ4n) is 1.87. The number of nitrogens with zero attached hydrogens (tertiary/aromatic N) is 1. The van der Waals surface area contributed by atoms with Crippen molar-refractivity contribution >= 4 is 29.1 Å². The number of anilines is 2. The molecule has 5 heteroatoms. The van der Waals surface area contributed by atoms with Crippen LogP contribution < -0.4 is 10.6 Å². The minimum absolute atomic E-state index is 0.322. The first-order chi connectivity index (χ1) is 8.22. The number of hydrogen-bond acceptors (Lipinski definition) is 5. The van der Waals surface area contributed by atoms with E-state index in [1.807, 2.05) is 17.8 Å². The number of hydrogen-bond donors (Lipinski definition) is 1. The van der Waals surface area contributed by atoms with Gasteiger partial charge in [-0.15, -0.1) is 0 Å². The molecule has 1 aromatic rings. The highest BCUT2D eigenvalue weighted by atomic mass is 32.2. The third-order valence-electron chi connectivity index (χ3n) is 2.80. The maximum absolute atomic E-state index is 11.5. The van der Waals surface area contributed by atoms with E-state index in [9.17, 15) is 4.79 Å². The van der Waals surface area contributed by atoms with E-state index in [1.54, 1.807) is 12.1 Å². The number of rotatable bonds is 2. The molecule has 2 rings (SSSR count). The summed E-state index contributed by atoms with van der Waals surface area (Å²) in [6.07, 6.45) is 0. The smallest absolute Gasteiger partial charge is 0.337 e. The molecule has 0 radical (unpaired) electrons. The number of methoxy groups -OCH3 is 1. The zero-order chi connectivity index (χ0) is 12.3. The minimum atomic E-state index is -0.322. The number of thioether (sulfide) groups is 1. The number of carbonyl (C=O) groups is 1. The summed E-state index contributed by atoms with van der Waals surface area (Å²) in [6, 6.07) is 5.28. The average molecular weight is 252 g/mol. The molecule has 1 fully saturated rings. The first-order valence-electron chi connectivity index (χ1n) is 5.53. The number of nitrogens with two attached hydrogens (primary N) is 1. The Labute approximate surface area is 105 Å². The Kier molecular flexibility index (Phi) is 3.78. The average Bonchev–Trinajstić information content (AvgIpc) is 2.39. The Bertz CT molecular complexity index is 417. The van der Waals surface area contributed by atoms with Crippen LogP contribution in [0.2, 0.25) is 0 Å². The van der Waals surface area contributed by atoms with Gasteiger partial charge in [0.05, 0.1) is 24.0 Å². The normalized spacial score (nSPS) is 15.7. The van der Waals surface area contributed by atoms with Gasteiger partial charge in [-0.3, -0.25) is 0 Å². The quantitative estimate of drug-likeness (QED) is 0.640. The lowest BCUT2D eigenvalue weighted by Crippen LogP contribution is -2.33. The molecule has 0 aliphatic carbocycles. The van der Waals surface area contributed by atoms with Crippen molar-refractivity contribution in [2.24, 2.45) is 0 Å². The fraction of sp³-hybridized carbons (Fsp3) is 0.417. The van der Waals surface area contributed by atoms with E-state index in [1.165, 1.54) is 7.11 Å². The molecule has 0 atom stereocenters. The van der Waals surface area contributed by atoms with E-state index in [4.69, 9.17) is 10.5 Å². The third-order valence-corrected chi connectivity index (χ3v) is 3.75. The molecule has 0 unspecified atom stereocenters. The monoisotopic (exact) mass is 252 g/mol. The van der Waals surface area contributed by atoms with E-state index in [0.717, 1.165) is 30.3 Å². The van der Waals surface area contributed by atoms with E-state index in [2.05, 4.69) is 4.90 Å². The lowest BCUT2D eigenvalue weighted by molar-refractivity contribution is 0.0601. The van der Waals surface area contributed by atoms with Gasteiger partial charge in [-0.1, -0.05) is 0 Å². The second-order valence-electron chi connectivity index (χ2n) is 3.86. The summed E-state index contributed by atoms with van der Waals surface area (Å²) < 4.78 is 4.72. The molecule has 1 saturated heterocycles. The second kappa shape index (κ2) is 5.31. The van der Waals surface area contributed by atoms with Gasteiger partial charge in [-0.2, -0.15) is 11.8 Å². The summed E-state index contributed by atoms with van der Waals surface area (Å²) in [5.41, 5.74) is 8.16. The standard InChI is InChI=1S/C12H16N2O2S/c1-16-12(15)9-2-3-10(13)11(8-9)14-4-6-17-7-5-14/h2-3,8H,4-7,13H2,1H3. The maximum atomic E-state index is 11.5. The van der Waals surface area contributed by atoms with Crippen LogP contribution in [0.5, 0.6) is 0 Å². The Hall–Kier alpha value is -1.36. The summed E-state index contributed by atoms with van der Waals surface area (Å²) in [4.78, 5) is 13.7. The second-order valence-corrected chi connectivity index (χ2v) is 5.09. The van der Waals surface area contributed by atoms with Crippen molar-refractivity contribution in [1.82, 2.24) is 0 Å². The summed E-state index contributed by atoms with van der Waals surface area (Å²) >= 11 is 1.94. The highest BCUT2D eigenvalue weighted by molar-refractivity contribution is 7.99. The van der Waals surface area contributed by atoms with Crippen LogP contribution in [-0.2, 0) is 4.74 Å². The minimum Gasteiger partial charge on any atom is -0.465 e. The molecule has 0 saturated carbocycles. The van der Waals surface area contributed by atoms with Crippen molar-refractivity contribution in [2.75, 3.05) is 42.3 Å². The van der Waals surface area contributed by atoms with Crippen LogP contribution in [0, 0.1) is 0 Å². The van der Waals surface area contributed by atoms with Crippen LogP contribution >= 0.6 is 11.8 Å². The van der Waals surface area contributed by atoms with Crippen LogP contribution in [0.1, 0.15) is 10.4 Å². The van der Waals surface area contributed by atoms with Gasteiger partial charge in [0.1, 0.15) is 0 Å². The molecule has 92 valence electrons. The molecule has 0 amide bonds. The lowest BCUT2D eigenvalue weighted by atomic mass is 10.1. The van der Waals surface area contributed by atoms with Crippen LogP contribution in [0.15, 0.2) is 18.2 Å². The Morgan fingerprint density at radius 3 is 2.76 bits per heavy atom. The molecule has 1 heterocycles. The lowest BCUT2D eigenvalue weighted by Gasteiger charge is -2.29. The van der Waals surface area contributed by atoms with Gasteiger partial charge in [-0.05, 0) is 18.2 Å². The molecule has 0 aromatic heterocycles. The van der Waals surface area contributed by atoms with Crippen LogP contribution in [0.3, 0.4) is 0 Å². The first-order valence-corrected chi connectivity index (χ1v) is 6.68. The van der Waals surface area contributed by atoms with Gasteiger partial charge in [0, 0.05) is 24.6 Å². The van der Waals surface area contributed by atoms with E-state index < -0.39 is 0 Å². The predicted octanol–water partition coefficient (Wildman–Crippen LogP) is 1.61. The summed E-state index contributed by atoms with van der Waals surface area (Å²) in [7, 11) is 1.38. The van der Waals surface area contributed by atoms with Gasteiger partial charge in [0.2, 0.25) is 0 Å². The topological polar surface area (TPSA) is 55.6 Å². The molecule has 1 aromatic carbocycles. The molecule has 4 nitrogen and oxygen atoms in total. The van der Waals surface area contributed by atoms with Crippen molar-refractivity contribution in [2.45, 2.75) is 0 Å². The summed E-state index contributed by atoms with van der Waals surface area (Å²) in [5.74, 6) is 1.88. The van der Waals surface area contributed by atoms with Gasteiger partial charge in [0.15, 0.2) is 0 Å². The zero-order valence-electron chi connectivity index (χ0n) is 9.81. The molecule has 1 aliphatic rings. The summed E-state index contributed by atoms with van der Waals surface area (Å²) in [6.45, 7) is 1.94. The van der Waals surface area contributed by atoms with Gasteiger partial charge >= 0.3 is 5.97 Å². The van der Waals surface area contributed by atoms with Crippen molar-refractivity contribution in [3.8, 4) is 0 Å². The molecular formula is C12H16N2O2S. The highest BCUT2D eigenvalue weighted by Gasteiger charge is 2.16. The molecule has 17 heavy (non-hydrogen) atoms. The Balaban J connectivity index is 2.28. The molecule has 0 bridgehead atoms. The zero-order valence-corrected chi connectivity index (χ0v) is 10.6. The number of ether oxygens (including phenoxy) is 1. The van der Waals surface area contributed by atoms with Crippen molar-refractivity contribution in [1.29, 1.82) is 0 Å². The van der Waals surface area contributed by atoms with Gasteiger partial charge in [0.25, 0.3) is 0 Å². The van der Waals surface area contributed by atoms with Gasteiger partial charge < -0.3 is 15.4 Å². The van der Waals surface area contributed by atoms with E-state index >= 15 is 0 Å². The molecular weight excluding hydrogens is 236 g/mol. The van der Waals surface area contributed by atoms with Gasteiger partial charge in [-0.25, -0.2) is 4.79 Å². The Morgan fingerprint density at radius 1 is 1.41 bits per heavy atom. The first kappa shape index (κ1) is 12.1. The number of nitrogen functional groups attached to an aromatic ring is 1. The SMILES string of the molecule is COC(=O)c1ccc(N)c(N2CCSCC2)c1. The van der Waals surface area contributed by atoms with Crippen molar-refractivity contribution in [3.63, 3.8) is 0 Å². The molecule has 2 N–H and O–H groups in total. The van der Waals surface area contributed by atoms with Crippen LogP contribution in [-0.4, -0.2) is 37.7 Å². The van der Waals surface area contributed by atoms with Crippen LogP contribution in [0.4, 0.5) is 11.4 Å². The molecule has 0 spiro atoms. The third kappa shape index (κ3) is 2.66. The predicted molar refractivity (Wildman–Crippen MR) is 71.7 cm³/mol. The number of benzene rings is 1. The number of esters is 1. The fourth-order valence-corrected chi connectivity index (χ4v) is 2.77. The van der Waals surface area contributed by atoms with Crippen molar-refractivity contribution in [3.05, 3.63) is 23.8 Å². The van der Waals surface area contributed by atoms with E-state index in [0.29, 0.717) is 11.3 Å². The number of carbonyl (C=O) groups excluding carboxylic acids is 1.